The van der Waals surface area contributed by atoms with Crippen molar-refractivity contribution in [2.24, 2.45) is 5.92 Å². The highest BCUT2D eigenvalue weighted by atomic mass is 32.1. The normalized spacial score (nSPS) is 14.6. The van der Waals surface area contributed by atoms with Crippen LogP contribution >= 0.6 is 11.3 Å². The number of ether oxygens (including phenoxy) is 1. The summed E-state index contributed by atoms with van der Waals surface area (Å²) in [5.74, 6) is -0.572. The van der Waals surface area contributed by atoms with Crippen molar-refractivity contribution < 1.29 is 14.3 Å². The Morgan fingerprint density at radius 2 is 1.71 bits per heavy atom. The molecule has 8 heteroatoms. The Balaban J connectivity index is 1.39. The van der Waals surface area contributed by atoms with Gasteiger partial charge in [0.15, 0.2) is 5.13 Å². The van der Waals surface area contributed by atoms with Gasteiger partial charge in [-0.25, -0.2) is 4.98 Å². The zero-order valence-corrected chi connectivity index (χ0v) is 20.5. The number of benzene rings is 2. The fourth-order valence-electron chi connectivity index (χ4n) is 3.71. The Bertz CT molecular complexity index is 1120. The van der Waals surface area contributed by atoms with E-state index in [4.69, 9.17) is 9.72 Å². The van der Waals surface area contributed by atoms with Gasteiger partial charge >= 0.3 is 0 Å². The zero-order valence-electron chi connectivity index (χ0n) is 19.7. The maximum atomic E-state index is 13.0. The van der Waals surface area contributed by atoms with E-state index >= 15 is 0 Å². The zero-order chi connectivity index (χ0) is 24.1. The Hall–Kier alpha value is -3.23. The molecule has 1 atom stereocenters. The highest BCUT2D eigenvalue weighted by Gasteiger charge is 2.25. The van der Waals surface area contributed by atoms with Crippen LogP contribution in [0.4, 0.5) is 10.8 Å². The average molecular weight is 479 g/mol. The van der Waals surface area contributed by atoms with Gasteiger partial charge in [0.2, 0.25) is 5.91 Å². The van der Waals surface area contributed by atoms with E-state index in [9.17, 15) is 9.59 Å². The number of carbonyl (C=O) groups is 2. The topological polar surface area (TPSA) is 83.6 Å². The van der Waals surface area contributed by atoms with Crippen LogP contribution in [0.25, 0.3) is 11.3 Å². The third-order valence-corrected chi connectivity index (χ3v) is 6.67. The van der Waals surface area contributed by atoms with Crippen LogP contribution in [0.1, 0.15) is 29.8 Å². The summed E-state index contributed by atoms with van der Waals surface area (Å²) >= 11 is 1.63. The van der Waals surface area contributed by atoms with Crippen molar-refractivity contribution in [3.63, 3.8) is 0 Å². The monoisotopic (exact) mass is 478 g/mol. The first kappa shape index (κ1) is 23.9. The van der Waals surface area contributed by atoms with Crippen LogP contribution in [0.5, 0.6) is 0 Å². The first-order valence-corrected chi connectivity index (χ1v) is 12.4. The second kappa shape index (κ2) is 10.8. The lowest BCUT2D eigenvalue weighted by Gasteiger charge is -2.26. The predicted molar refractivity (Wildman–Crippen MR) is 136 cm³/mol. The molecule has 1 saturated heterocycles. The Morgan fingerprint density at radius 1 is 1.03 bits per heavy atom. The number of aromatic nitrogens is 1. The van der Waals surface area contributed by atoms with E-state index in [0.29, 0.717) is 11.3 Å². The van der Waals surface area contributed by atoms with E-state index in [2.05, 4.69) is 15.5 Å². The second-order valence-corrected chi connectivity index (χ2v) is 9.58. The molecule has 4 rings (SSSR count). The van der Waals surface area contributed by atoms with Crippen LogP contribution < -0.4 is 15.5 Å². The molecule has 0 saturated carbocycles. The van der Waals surface area contributed by atoms with Crippen molar-refractivity contribution in [2.75, 3.05) is 36.5 Å². The van der Waals surface area contributed by atoms with Crippen LogP contribution in [0.3, 0.4) is 0 Å². The lowest BCUT2D eigenvalue weighted by molar-refractivity contribution is -0.118. The number of anilines is 2. The summed E-state index contributed by atoms with van der Waals surface area (Å²) in [5.41, 5.74) is 4.19. The van der Waals surface area contributed by atoms with Gasteiger partial charge in [0, 0.05) is 35.3 Å². The van der Waals surface area contributed by atoms with Crippen molar-refractivity contribution in [2.45, 2.75) is 26.8 Å². The van der Waals surface area contributed by atoms with Gasteiger partial charge in [-0.1, -0.05) is 43.7 Å². The second-order valence-electron chi connectivity index (χ2n) is 8.74. The number of amides is 2. The van der Waals surface area contributed by atoms with Gasteiger partial charge in [0.05, 0.1) is 18.9 Å². The lowest BCUT2D eigenvalue weighted by Crippen LogP contribution is -2.47. The van der Waals surface area contributed by atoms with E-state index in [0.717, 1.165) is 48.3 Å². The average Bonchev–Trinajstić information content (AvgIpc) is 3.34. The summed E-state index contributed by atoms with van der Waals surface area (Å²) in [7, 11) is 0. The largest absolute Gasteiger partial charge is 0.378 e. The van der Waals surface area contributed by atoms with Crippen LogP contribution in [-0.2, 0) is 9.53 Å². The fourth-order valence-corrected chi connectivity index (χ4v) is 4.59. The molecule has 3 aromatic rings. The van der Waals surface area contributed by atoms with Crippen LogP contribution in [0.15, 0.2) is 53.9 Å². The summed E-state index contributed by atoms with van der Waals surface area (Å²) < 4.78 is 5.41. The minimum atomic E-state index is -0.650. The number of rotatable bonds is 7. The summed E-state index contributed by atoms with van der Waals surface area (Å²) in [6, 6.07) is 14.3. The van der Waals surface area contributed by atoms with Gasteiger partial charge in [0.25, 0.3) is 5.91 Å². The molecule has 2 N–H and O–H groups in total. The molecule has 1 fully saturated rings. The van der Waals surface area contributed by atoms with Crippen molar-refractivity contribution in [1.82, 2.24) is 10.3 Å². The maximum absolute atomic E-state index is 13.0. The van der Waals surface area contributed by atoms with Gasteiger partial charge in [-0.05, 0) is 37.1 Å². The molecule has 0 radical (unpaired) electrons. The molecule has 1 aliphatic heterocycles. The molecule has 0 bridgehead atoms. The molecule has 1 aromatic heterocycles. The highest BCUT2D eigenvalue weighted by molar-refractivity contribution is 7.14. The predicted octanol–water partition coefficient (Wildman–Crippen LogP) is 4.35. The molecule has 2 amide bonds. The van der Waals surface area contributed by atoms with Crippen molar-refractivity contribution in [3.8, 4) is 11.3 Å². The first-order chi connectivity index (χ1) is 16.4. The molecule has 1 aliphatic rings. The van der Waals surface area contributed by atoms with Crippen LogP contribution in [-0.4, -0.2) is 49.1 Å². The third kappa shape index (κ3) is 5.81. The van der Waals surface area contributed by atoms with Crippen LogP contribution in [0.2, 0.25) is 0 Å². The van der Waals surface area contributed by atoms with Crippen LogP contribution in [0, 0.1) is 12.8 Å². The number of thiazole rings is 1. The molecule has 178 valence electrons. The summed E-state index contributed by atoms with van der Waals surface area (Å²) in [4.78, 5) is 32.6. The summed E-state index contributed by atoms with van der Waals surface area (Å²) in [6.45, 7) is 8.96. The molecule has 7 nitrogen and oxygen atoms in total. The number of aryl methyl sites for hydroxylation is 1. The Kier molecular flexibility index (Phi) is 7.59. The number of nitrogens with zero attached hydrogens (tertiary/aromatic N) is 2. The van der Waals surface area contributed by atoms with Gasteiger partial charge in [-0.15, -0.1) is 11.3 Å². The SMILES string of the molecule is Cc1ccc(C(=O)N[C@H](C(=O)Nc2ccc(-c3csc(N4CCOCC4)n3)cc2)C(C)C)cc1. The number of hydrogen-bond donors (Lipinski definition) is 2. The number of morpholine rings is 1. The maximum Gasteiger partial charge on any atom is 0.251 e. The van der Waals surface area contributed by atoms with Crippen molar-refractivity contribution in [1.29, 1.82) is 0 Å². The Labute approximate surface area is 204 Å². The van der Waals surface area contributed by atoms with Gasteiger partial charge in [0.1, 0.15) is 6.04 Å². The minimum absolute atomic E-state index is 0.0673. The molecule has 34 heavy (non-hydrogen) atoms. The number of nitrogens with one attached hydrogen (secondary N) is 2. The molecule has 0 unspecified atom stereocenters. The standard InChI is InChI=1S/C26H30N4O3S/c1-17(2)23(29-24(31)20-6-4-18(3)5-7-20)25(32)27-21-10-8-19(9-11-21)22-16-34-26(28-22)30-12-14-33-15-13-30/h4-11,16-17,23H,12-15H2,1-3H3,(H,27,32)(H,29,31)/t23-/m0/s1. The smallest absolute Gasteiger partial charge is 0.251 e. The highest BCUT2D eigenvalue weighted by Crippen LogP contribution is 2.28. The van der Waals surface area contributed by atoms with E-state index in [1.807, 2.05) is 62.5 Å². The van der Waals surface area contributed by atoms with E-state index in [-0.39, 0.29) is 17.7 Å². The third-order valence-electron chi connectivity index (χ3n) is 5.77. The number of carbonyl (C=O) groups excluding carboxylic acids is 2. The van der Waals surface area contributed by atoms with Gasteiger partial charge in [-0.2, -0.15) is 0 Å². The van der Waals surface area contributed by atoms with Gasteiger partial charge < -0.3 is 20.3 Å². The lowest BCUT2D eigenvalue weighted by atomic mass is 10.0. The molecule has 0 spiro atoms. The minimum Gasteiger partial charge on any atom is -0.378 e. The molecule has 0 aliphatic carbocycles. The van der Waals surface area contributed by atoms with Crippen molar-refractivity contribution >= 4 is 34.0 Å². The van der Waals surface area contributed by atoms with E-state index in [1.54, 1.807) is 23.5 Å². The summed E-state index contributed by atoms with van der Waals surface area (Å²) in [5, 5.41) is 8.85. The Morgan fingerprint density at radius 3 is 2.35 bits per heavy atom. The molecule has 2 aromatic carbocycles. The molecule has 2 heterocycles. The number of hydrogen-bond acceptors (Lipinski definition) is 6. The fraction of sp³-hybridized carbons (Fsp3) is 0.346. The van der Waals surface area contributed by atoms with E-state index < -0.39 is 6.04 Å². The summed E-state index contributed by atoms with van der Waals surface area (Å²) in [6.07, 6.45) is 0. The quantitative estimate of drug-likeness (QED) is 0.528. The van der Waals surface area contributed by atoms with Gasteiger partial charge in [-0.3, -0.25) is 9.59 Å². The molecular weight excluding hydrogens is 448 g/mol. The van der Waals surface area contributed by atoms with Crippen molar-refractivity contribution in [3.05, 3.63) is 65.0 Å². The molecular formula is C26H30N4O3S. The van der Waals surface area contributed by atoms with E-state index in [1.165, 1.54) is 0 Å². The first-order valence-electron chi connectivity index (χ1n) is 11.5.